The van der Waals surface area contributed by atoms with Gasteiger partial charge in [-0.25, -0.2) is 0 Å². The number of hydrogen-bond donors (Lipinski definition) is 6. The van der Waals surface area contributed by atoms with Gasteiger partial charge in [0.15, 0.2) is 0 Å². The first-order valence-electron chi connectivity index (χ1n) is 7.36. The zero-order valence-electron chi connectivity index (χ0n) is 14.3. The van der Waals surface area contributed by atoms with Gasteiger partial charge in [0.2, 0.25) is 0 Å². The molecule has 0 amide bonds. The normalized spacial score (nSPS) is 10.6. The van der Waals surface area contributed by atoms with Crippen molar-refractivity contribution in [3.63, 3.8) is 0 Å². The molecule has 3 rings (SSSR count). The second-order valence-corrected chi connectivity index (χ2v) is 7.47. The van der Waals surface area contributed by atoms with Crippen LogP contribution in [-0.2, 0) is 20.8 Å². The van der Waals surface area contributed by atoms with Crippen molar-refractivity contribution in [3.8, 4) is 5.75 Å². The Kier molecular flexibility index (Phi) is 11.8. The Morgan fingerprint density at radius 2 is 1.20 bits per heavy atom. The monoisotopic (exact) mass is 489 g/mol. The summed E-state index contributed by atoms with van der Waals surface area (Å²) in [6.45, 7) is 0. The van der Waals surface area contributed by atoms with Crippen molar-refractivity contribution < 1.29 is 40.2 Å². The van der Waals surface area contributed by atoms with E-state index in [-0.39, 0.29) is 35.3 Å². The van der Waals surface area contributed by atoms with Crippen molar-refractivity contribution in [2.24, 2.45) is 0 Å². The summed E-state index contributed by atoms with van der Waals surface area (Å²) in [7, 11) is -9.33. The molecule has 3 aromatic rings. The average Bonchev–Trinajstić information content (AvgIpc) is 2.54. The number of fused-ring (bicyclic) bond motifs is 1. The third-order valence-corrected chi connectivity index (χ3v) is 3.22. The fourth-order valence-electron chi connectivity index (χ4n) is 2.06. The molecule has 0 saturated heterocycles. The first kappa shape index (κ1) is 28.5. The summed E-state index contributed by atoms with van der Waals surface area (Å²) >= 11 is 5.85. The number of rotatable bonds is 2. The van der Waals surface area contributed by atoms with Crippen LogP contribution in [0.3, 0.4) is 0 Å². The molecule has 0 aliphatic rings. The predicted molar refractivity (Wildman–Crippen MR) is 116 cm³/mol. The van der Waals surface area contributed by atoms with E-state index >= 15 is 0 Å². The van der Waals surface area contributed by atoms with E-state index in [0.29, 0.717) is 5.02 Å². The van der Waals surface area contributed by atoms with Gasteiger partial charge >= 0.3 is 50.4 Å². The standard InChI is InChI=1S/C16H12ClNO.Na.2H2O4S.H/c17-12-5-7-13(8-6-12)18-14-9-11-3-1-2-4-15(11)16(19)10-14;;2*1-5(2,3)4;/h1-10,18-19H;;2*(H2,1,2,3,4);. The van der Waals surface area contributed by atoms with Crippen LogP contribution in [0, 0.1) is 0 Å². The molecule has 0 saturated carbocycles. The zero-order chi connectivity index (χ0) is 22.2. The molecule has 0 fully saturated rings. The zero-order valence-corrected chi connectivity index (χ0v) is 16.7. The number of phenolic OH excluding ortho intramolecular Hbond substituents is 1. The predicted octanol–water partition coefficient (Wildman–Crippen LogP) is 2.99. The number of nitrogens with one attached hydrogen (secondary N) is 1. The van der Waals surface area contributed by atoms with Crippen molar-refractivity contribution in [2.75, 3.05) is 5.32 Å². The molecule has 0 bridgehead atoms. The molecule has 3 aromatic carbocycles. The average molecular weight is 490 g/mol. The number of aromatic hydroxyl groups is 1. The van der Waals surface area contributed by atoms with E-state index in [1.165, 1.54) is 0 Å². The maximum absolute atomic E-state index is 10.0. The van der Waals surface area contributed by atoms with Crippen LogP contribution in [0.25, 0.3) is 10.8 Å². The first-order valence-corrected chi connectivity index (χ1v) is 10.5. The number of hydrogen-bond acceptors (Lipinski definition) is 6. The minimum atomic E-state index is -4.67. The van der Waals surface area contributed by atoms with Gasteiger partial charge in [0, 0.05) is 27.8 Å². The Bertz CT molecular complexity index is 1130. The van der Waals surface area contributed by atoms with Crippen LogP contribution in [-0.4, -0.2) is 69.7 Å². The van der Waals surface area contributed by atoms with Crippen LogP contribution in [0.2, 0.25) is 5.02 Å². The number of anilines is 2. The van der Waals surface area contributed by atoms with E-state index in [1.54, 1.807) is 6.07 Å². The second kappa shape index (κ2) is 12.4. The minimum absolute atomic E-state index is 0. The van der Waals surface area contributed by atoms with Crippen LogP contribution in [0.1, 0.15) is 0 Å². The molecule has 0 radical (unpaired) electrons. The third kappa shape index (κ3) is 13.7. The van der Waals surface area contributed by atoms with E-state index in [4.69, 9.17) is 46.6 Å². The quantitative estimate of drug-likeness (QED) is 0.231. The number of halogens is 1. The van der Waals surface area contributed by atoms with Crippen molar-refractivity contribution in [3.05, 3.63) is 65.7 Å². The summed E-state index contributed by atoms with van der Waals surface area (Å²) in [5, 5.41) is 15.8. The molecule has 0 atom stereocenters. The molecule has 10 nitrogen and oxygen atoms in total. The molecule has 0 heterocycles. The van der Waals surface area contributed by atoms with Gasteiger partial charge in [-0.2, -0.15) is 16.8 Å². The third-order valence-electron chi connectivity index (χ3n) is 2.97. The van der Waals surface area contributed by atoms with Crippen LogP contribution >= 0.6 is 11.6 Å². The van der Waals surface area contributed by atoms with E-state index in [0.717, 1.165) is 22.1 Å². The molecule has 0 spiro atoms. The van der Waals surface area contributed by atoms with E-state index in [2.05, 4.69) is 5.32 Å². The summed E-state index contributed by atoms with van der Waals surface area (Å²) in [6.07, 6.45) is 0. The van der Waals surface area contributed by atoms with Gasteiger partial charge < -0.3 is 10.4 Å². The van der Waals surface area contributed by atoms with Gasteiger partial charge in [-0.15, -0.1) is 0 Å². The fourth-order valence-corrected chi connectivity index (χ4v) is 2.19. The molecule has 6 N–H and O–H groups in total. The summed E-state index contributed by atoms with van der Waals surface area (Å²) in [6, 6.07) is 18.9. The summed E-state index contributed by atoms with van der Waals surface area (Å²) < 4.78 is 63.2. The van der Waals surface area contributed by atoms with E-state index < -0.39 is 20.8 Å². The molecule has 0 aromatic heterocycles. The topological polar surface area (TPSA) is 181 Å². The second-order valence-electron chi connectivity index (χ2n) is 5.24. The van der Waals surface area contributed by atoms with Crippen molar-refractivity contribution in [1.82, 2.24) is 0 Å². The van der Waals surface area contributed by atoms with E-state index in [1.807, 2.05) is 54.6 Å². The summed E-state index contributed by atoms with van der Waals surface area (Å²) in [5.74, 6) is 0.273. The van der Waals surface area contributed by atoms with Crippen LogP contribution < -0.4 is 5.32 Å². The van der Waals surface area contributed by atoms with Gasteiger partial charge in [-0.3, -0.25) is 18.2 Å². The first-order chi connectivity index (χ1) is 13.2. The molecule has 30 heavy (non-hydrogen) atoms. The Hall–Kier alpha value is -1.45. The van der Waals surface area contributed by atoms with Crippen molar-refractivity contribution >= 4 is 84.1 Å². The van der Waals surface area contributed by atoms with Crippen molar-refractivity contribution in [1.29, 1.82) is 0 Å². The SMILES string of the molecule is O=S(=O)(O)O.O=S(=O)(O)O.Oc1cc(Nc2ccc(Cl)cc2)cc2ccccc12.[NaH]. The Morgan fingerprint density at radius 3 is 1.70 bits per heavy atom. The van der Waals surface area contributed by atoms with Gasteiger partial charge in [0.1, 0.15) is 5.75 Å². The molecular weight excluding hydrogens is 473 g/mol. The molecule has 0 aliphatic heterocycles. The summed E-state index contributed by atoms with van der Waals surface area (Å²) in [5.41, 5.74) is 1.78. The Morgan fingerprint density at radius 1 is 0.733 bits per heavy atom. The molecule has 160 valence electrons. The van der Waals surface area contributed by atoms with Gasteiger partial charge in [0.25, 0.3) is 0 Å². The Labute approximate surface area is 200 Å². The molecule has 0 unspecified atom stereocenters. The molecular formula is C16H17ClNNaO9S2. The van der Waals surface area contributed by atoms with Gasteiger partial charge in [-0.1, -0.05) is 35.9 Å². The van der Waals surface area contributed by atoms with Crippen molar-refractivity contribution in [2.45, 2.75) is 0 Å². The van der Waals surface area contributed by atoms with Gasteiger partial charge in [-0.05, 0) is 35.7 Å². The van der Waals surface area contributed by atoms with Crippen LogP contribution in [0.15, 0.2) is 60.7 Å². The number of benzene rings is 3. The van der Waals surface area contributed by atoms with Gasteiger partial charge in [0.05, 0.1) is 0 Å². The maximum atomic E-state index is 10.0. The molecule has 0 aliphatic carbocycles. The molecule has 14 heteroatoms. The number of phenols is 1. The Balaban J connectivity index is 0.000000646. The van der Waals surface area contributed by atoms with Crippen LogP contribution in [0.5, 0.6) is 5.75 Å². The van der Waals surface area contributed by atoms with Crippen LogP contribution in [0.4, 0.5) is 11.4 Å². The fraction of sp³-hybridized carbons (Fsp3) is 0. The van der Waals surface area contributed by atoms with E-state index in [9.17, 15) is 5.11 Å². The summed E-state index contributed by atoms with van der Waals surface area (Å²) in [4.78, 5) is 0.